The summed E-state index contributed by atoms with van der Waals surface area (Å²) in [6.45, 7) is 8.13. The fourth-order valence-electron chi connectivity index (χ4n) is 3.68. The van der Waals surface area contributed by atoms with Gasteiger partial charge in [0.1, 0.15) is 6.54 Å². The molecule has 1 amide bonds. The monoisotopic (exact) mass is 391 g/mol. The van der Waals surface area contributed by atoms with Gasteiger partial charge in [-0.25, -0.2) is 4.68 Å². The third-order valence-corrected chi connectivity index (χ3v) is 5.36. The van der Waals surface area contributed by atoms with Gasteiger partial charge in [0.15, 0.2) is 6.54 Å². The highest BCUT2D eigenvalue weighted by atomic mass is 16.2. The van der Waals surface area contributed by atoms with Crippen LogP contribution in [-0.4, -0.2) is 35.8 Å². The van der Waals surface area contributed by atoms with Crippen molar-refractivity contribution < 1.29 is 9.69 Å². The average molecular weight is 392 g/mol. The molecule has 0 spiro atoms. The summed E-state index contributed by atoms with van der Waals surface area (Å²) in [6.07, 6.45) is 0.861. The van der Waals surface area contributed by atoms with Gasteiger partial charge in [-0.05, 0) is 50.5 Å². The maximum Gasteiger partial charge on any atom is 0.275 e. The number of amides is 1. The lowest BCUT2D eigenvalue weighted by atomic mass is 10.1. The summed E-state index contributed by atoms with van der Waals surface area (Å²) in [4.78, 5) is 13.5. The van der Waals surface area contributed by atoms with Crippen LogP contribution in [0, 0.1) is 20.8 Å². The normalized spacial score (nSPS) is 12.0. The number of likely N-dealkylation sites (N-methyl/N-ethyl adjacent to an activating group) is 1. The molecule has 0 fully saturated rings. The van der Waals surface area contributed by atoms with Crippen LogP contribution in [0.1, 0.15) is 28.1 Å². The van der Waals surface area contributed by atoms with Gasteiger partial charge in [0.25, 0.3) is 5.91 Å². The Bertz CT molecular complexity index is 962. The van der Waals surface area contributed by atoms with Crippen molar-refractivity contribution in [2.75, 3.05) is 20.1 Å². The number of carbonyl (C=O) groups excluding carboxylic acids is 1. The lowest BCUT2D eigenvalue weighted by molar-refractivity contribution is -0.885. The van der Waals surface area contributed by atoms with E-state index in [0.717, 1.165) is 34.9 Å². The number of quaternary nitrogens is 1. The minimum atomic E-state index is 0.0850. The van der Waals surface area contributed by atoms with E-state index in [1.54, 1.807) is 0 Å². The van der Waals surface area contributed by atoms with Gasteiger partial charge in [0.2, 0.25) is 0 Å². The van der Waals surface area contributed by atoms with Crippen molar-refractivity contribution in [3.05, 3.63) is 82.7 Å². The highest BCUT2D eigenvalue weighted by Crippen LogP contribution is 2.16. The van der Waals surface area contributed by atoms with Crippen molar-refractivity contribution >= 4 is 5.91 Å². The molecule has 0 aliphatic heterocycles. The Kier molecular flexibility index (Phi) is 6.83. The van der Waals surface area contributed by atoms with Crippen molar-refractivity contribution in [2.24, 2.45) is 0 Å². The lowest BCUT2D eigenvalue weighted by Crippen LogP contribution is -3.09. The predicted molar refractivity (Wildman–Crippen MR) is 116 cm³/mol. The first-order chi connectivity index (χ1) is 14.0. The summed E-state index contributed by atoms with van der Waals surface area (Å²) in [7, 11) is 2.06. The van der Waals surface area contributed by atoms with Crippen molar-refractivity contribution in [2.45, 2.75) is 33.7 Å². The van der Waals surface area contributed by atoms with Gasteiger partial charge in [-0.1, -0.05) is 42.5 Å². The zero-order valence-electron chi connectivity index (χ0n) is 17.8. The minimum absolute atomic E-state index is 0.0850. The molecule has 2 aromatic carbocycles. The van der Waals surface area contributed by atoms with Gasteiger partial charge in [-0.3, -0.25) is 4.79 Å². The first-order valence-corrected chi connectivity index (χ1v) is 10.2. The molecule has 3 rings (SSSR count). The van der Waals surface area contributed by atoms with Gasteiger partial charge in [0, 0.05) is 6.54 Å². The minimum Gasteiger partial charge on any atom is -0.351 e. The van der Waals surface area contributed by atoms with E-state index < -0.39 is 0 Å². The Hall–Kier alpha value is -2.92. The molecule has 5 nitrogen and oxygen atoms in total. The summed E-state index contributed by atoms with van der Waals surface area (Å²) in [6, 6.07) is 18.5. The van der Waals surface area contributed by atoms with Gasteiger partial charge in [-0.2, -0.15) is 5.10 Å². The van der Waals surface area contributed by atoms with E-state index in [9.17, 15) is 4.79 Å². The van der Waals surface area contributed by atoms with Crippen LogP contribution < -0.4 is 10.2 Å². The molecule has 3 aromatic rings. The lowest BCUT2D eigenvalue weighted by Gasteiger charge is -2.14. The number of carbonyl (C=O) groups is 1. The van der Waals surface area contributed by atoms with Gasteiger partial charge in [-0.15, -0.1) is 0 Å². The van der Waals surface area contributed by atoms with Crippen LogP contribution in [0.4, 0.5) is 0 Å². The molecule has 0 radical (unpaired) electrons. The third kappa shape index (κ3) is 5.33. The second kappa shape index (κ2) is 9.52. The quantitative estimate of drug-likeness (QED) is 0.618. The standard InChI is InChI=1S/C24H30N4O/c1-18-10-8-9-11-21(18)14-15-25-24(29)17-27(4)16-23-19(2)26-28(20(23)3)22-12-6-5-7-13-22/h5-13H,14-17H2,1-4H3,(H,25,29)/p+1. The van der Waals surface area contributed by atoms with Crippen LogP contribution in [0.5, 0.6) is 0 Å². The third-order valence-electron chi connectivity index (χ3n) is 5.36. The van der Waals surface area contributed by atoms with E-state index in [0.29, 0.717) is 13.1 Å². The summed E-state index contributed by atoms with van der Waals surface area (Å²) in [5, 5.41) is 7.76. The highest BCUT2D eigenvalue weighted by Gasteiger charge is 2.18. The molecule has 1 unspecified atom stereocenters. The predicted octanol–water partition coefficient (Wildman–Crippen LogP) is 2.17. The van der Waals surface area contributed by atoms with E-state index in [2.05, 4.69) is 50.5 Å². The summed E-state index contributed by atoms with van der Waals surface area (Å²) >= 11 is 0. The first-order valence-electron chi connectivity index (χ1n) is 10.2. The zero-order valence-corrected chi connectivity index (χ0v) is 17.8. The number of nitrogens with zero attached hydrogens (tertiary/aromatic N) is 2. The van der Waals surface area contributed by atoms with Gasteiger partial charge in [0.05, 0.1) is 29.7 Å². The molecule has 0 aliphatic rings. The van der Waals surface area contributed by atoms with Crippen molar-refractivity contribution in [3.8, 4) is 5.69 Å². The van der Waals surface area contributed by atoms with Crippen molar-refractivity contribution in [3.63, 3.8) is 0 Å². The van der Waals surface area contributed by atoms with Crippen LogP contribution in [0.3, 0.4) is 0 Å². The Morgan fingerprint density at radius 2 is 1.72 bits per heavy atom. The highest BCUT2D eigenvalue weighted by molar-refractivity contribution is 5.76. The molecule has 0 bridgehead atoms. The molecule has 152 valence electrons. The first kappa shape index (κ1) is 20.8. The van der Waals surface area contributed by atoms with Crippen LogP contribution in [0.25, 0.3) is 5.69 Å². The van der Waals surface area contributed by atoms with Crippen molar-refractivity contribution in [1.29, 1.82) is 0 Å². The molecule has 1 atom stereocenters. The SMILES string of the molecule is Cc1ccccc1CCNC(=O)C[NH+](C)Cc1c(C)nn(-c2ccccc2)c1C. The van der Waals surface area contributed by atoms with E-state index in [1.807, 2.05) is 41.9 Å². The summed E-state index contributed by atoms with van der Waals surface area (Å²) in [5.41, 5.74) is 6.97. The van der Waals surface area contributed by atoms with Gasteiger partial charge >= 0.3 is 0 Å². The fraction of sp³-hybridized carbons (Fsp3) is 0.333. The number of hydrogen-bond acceptors (Lipinski definition) is 2. The smallest absolute Gasteiger partial charge is 0.275 e. The van der Waals surface area contributed by atoms with Crippen LogP contribution >= 0.6 is 0 Å². The van der Waals surface area contributed by atoms with E-state index in [4.69, 9.17) is 5.10 Å². The van der Waals surface area contributed by atoms with Crippen LogP contribution in [-0.2, 0) is 17.8 Å². The molecule has 1 aromatic heterocycles. The molecule has 1 heterocycles. The number of aryl methyl sites for hydroxylation is 2. The van der Waals surface area contributed by atoms with E-state index in [-0.39, 0.29) is 5.91 Å². The Labute approximate surface area is 173 Å². The Morgan fingerprint density at radius 1 is 1.03 bits per heavy atom. The van der Waals surface area contributed by atoms with Gasteiger partial charge < -0.3 is 10.2 Å². The summed E-state index contributed by atoms with van der Waals surface area (Å²) in [5.74, 6) is 0.0850. The van der Waals surface area contributed by atoms with Crippen LogP contribution in [0.15, 0.2) is 54.6 Å². The molecule has 0 saturated carbocycles. The molecule has 5 heteroatoms. The number of para-hydroxylation sites is 1. The maximum atomic E-state index is 12.4. The summed E-state index contributed by atoms with van der Waals surface area (Å²) < 4.78 is 1.99. The number of hydrogen-bond donors (Lipinski definition) is 2. The molecular formula is C24H31N4O+. The Balaban J connectivity index is 1.54. The molecule has 29 heavy (non-hydrogen) atoms. The number of benzene rings is 2. The van der Waals surface area contributed by atoms with E-state index >= 15 is 0 Å². The second-order valence-corrected chi connectivity index (χ2v) is 7.73. The molecular weight excluding hydrogens is 360 g/mol. The topological polar surface area (TPSA) is 51.4 Å². The average Bonchev–Trinajstić information content (AvgIpc) is 2.98. The second-order valence-electron chi connectivity index (χ2n) is 7.73. The number of nitrogens with one attached hydrogen (secondary N) is 2. The number of rotatable bonds is 8. The largest absolute Gasteiger partial charge is 0.351 e. The molecule has 0 aliphatic carbocycles. The van der Waals surface area contributed by atoms with Crippen LogP contribution in [0.2, 0.25) is 0 Å². The molecule has 2 N–H and O–H groups in total. The zero-order chi connectivity index (χ0) is 20.8. The Morgan fingerprint density at radius 3 is 2.45 bits per heavy atom. The van der Waals surface area contributed by atoms with E-state index in [1.165, 1.54) is 16.7 Å². The number of aromatic nitrogens is 2. The van der Waals surface area contributed by atoms with Crippen molar-refractivity contribution in [1.82, 2.24) is 15.1 Å². The fourth-order valence-corrected chi connectivity index (χ4v) is 3.68. The maximum absolute atomic E-state index is 12.4. The molecule has 0 saturated heterocycles.